The zero-order valence-electron chi connectivity index (χ0n) is 36.0. The van der Waals surface area contributed by atoms with Crippen molar-refractivity contribution in [2.45, 2.75) is 122 Å². The van der Waals surface area contributed by atoms with E-state index in [0.717, 1.165) is 0 Å². The highest BCUT2D eigenvalue weighted by Gasteiger charge is 2.42. The van der Waals surface area contributed by atoms with Crippen LogP contribution in [0, 0.1) is 23.5 Å². The zero-order valence-corrected chi connectivity index (χ0v) is 36.0. The molecule has 4 amide bonds. The van der Waals surface area contributed by atoms with Crippen molar-refractivity contribution < 1.29 is 36.7 Å². The molecule has 4 N–H and O–H groups in total. The fraction of sp³-hybridized carbons (Fsp3) is 0.581. The quantitative estimate of drug-likeness (QED) is 0.123. The number of fused-ring (bicyclic) bond motifs is 2. The third-order valence-corrected chi connectivity index (χ3v) is 11.9. The minimum Gasteiger partial charge on any atom is -0.343 e. The number of amides is 4. The van der Waals surface area contributed by atoms with Gasteiger partial charge in [0.25, 0.3) is 0 Å². The summed E-state index contributed by atoms with van der Waals surface area (Å²) in [5.41, 5.74) is 1.40. The lowest BCUT2D eigenvalue weighted by molar-refractivity contribution is -0.139. The number of likely N-dealkylation sites (tertiary alicyclic amines) is 2. The molecular weight excluding hydrogens is 797 g/mol. The summed E-state index contributed by atoms with van der Waals surface area (Å²) in [6, 6.07) is 3.60. The van der Waals surface area contributed by atoms with Crippen molar-refractivity contribution in [2.75, 3.05) is 27.2 Å². The molecule has 0 radical (unpaired) electrons. The molecule has 2 fully saturated rings. The minimum absolute atomic E-state index is 0.00213. The predicted molar refractivity (Wildman–Crippen MR) is 224 cm³/mol. The molecule has 0 saturated carbocycles. The fourth-order valence-corrected chi connectivity index (χ4v) is 8.37. The summed E-state index contributed by atoms with van der Waals surface area (Å²) in [5.74, 6) is -2.67. The van der Waals surface area contributed by atoms with Crippen molar-refractivity contribution >= 4 is 45.7 Å². The number of benzene rings is 2. The Kier molecular flexibility index (Phi) is 14.1. The summed E-state index contributed by atoms with van der Waals surface area (Å²) in [4.78, 5) is 66.9. The van der Waals surface area contributed by atoms with Crippen LogP contribution in [0.4, 0.5) is 17.6 Å². The number of carbonyl (C=O) groups is 4. The molecule has 6 rings (SSSR count). The lowest BCUT2D eigenvalue weighted by Crippen LogP contribution is -2.55. The van der Waals surface area contributed by atoms with Crippen LogP contribution in [-0.2, 0) is 32.3 Å². The van der Waals surface area contributed by atoms with Gasteiger partial charge in [0.15, 0.2) is 11.6 Å². The Balaban J connectivity index is 1.41. The van der Waals surface area contributed by atoms with Gasteiger partial charge in [-0.05, 0) is 70.5 Å². The van der Waals surface area contributed by atoms with Gasteiger partial charge in [0.05, 0.1) is 59.3 Å². The normalized spacial score (nSPS) is 21.4. The van der Waals surface area contributed by atoms with Gasteiger partial charge in [-0.15, -0.1) is 0 Å². The summed E-state index contributed by atoms with van der Waals surface area (Å²) in [7, 11) is 3.26. The van der Waals surface area contributed by atoms with Crippen LogP contribution in [0.15, 0.2) is 36.4 Å². The van der Waals surface area contributed by atoms with Crippen molar-refractivity contribution in [3.8, 4) is 11.6 Å². The molecule has 0 bridgehead atoms. The van der Waals surface area contributed by atoms with Crippen LogP contribution in [0.1, 0.15) is 60.8 Å². The van der Waals surface area contributed by atoms with E-state index in [1.54, 1.807) is 50.9 Å². The summed E-state index contributed by atoms with van der Waals surface area (Å²) >= 11 is 0. The molecule has 0 spiro atoms. The molecule has 2 unspecified atom stereocenters. The highest BCUT2D eigenvalue weighted by Crippen LogP contribution is 2.34. The number of rotatable bonds is 16. The molecule has 2 aliphatic rings. The van der Waals surface area contributed by atoms with Crippen LogP contribution >= 0.6 is 0 Å². The Morgan fingerprint density at radius 2 is 1.13 bits per heavy atom. The van der Waals surface area contributed by atoms with Gasteiger partial charge in [-0.3, -0.25) is 19.2 Å². The van der Waals surface area contributed by atoms with E-state index < -0.39 is 72.0 Å². The van der Waals surface area contributed by atoms with Crippen molar-refractivity contribution in [1.82, 2.24) is 50.2 Å². The molecule has 18 heteroatoms. The monoisotopic (exact) mass is 854 g/mol. The van der Waals surface area contributed by atoms with E-state index in [0.29, 0.717) is 17.5 Å². The number of hydrogen-bond donors (Lipinski definition) is 4. The second-order valence-corrected chi connectivity index (χ2v) is 17.3. The Morgan fingerprint density at radius 1 is 0.689 bits per heavy atom. The minimum atomic E-state index is -1.37. The van der Waals surface area contributed by atoms with E-state index in [-0.39, 0.29) is 85.4 Å². The highest BCUT2D eigenvalue weighted by atomic mass is 19.1. The maximum absolute atomic E-state index is 15.5. The second-order valence-electron chi connectivity index (χ2n) is 17.3. The molecule has 0 aliphatic carbocycles. The van der Waals surface area contributed by atoms with Crippen LogP contribution in [0.25, 0.3) is 33.7 Å². The van der Waals surface area contributed by atoms with Gasteiger partial charge in [-0.2, -0.15) is 0 Å². The average molecular weight is 855 g/mol. The smallest absolute Gasteiger partial charge is 0.245 e. The van der Waals surface area contributed by atoms with Gasteiger partial charge in [0, 0.05) is 38.1 Å². The Labute approximate surface area is 353 Å². The molecule has 4 heterocycles. The van der Waals surface area contributed by atoms with Gasteiger partial charge in [-0.1, -0.05) is 27.7 Å². The first-order valence-corrected chi connectivity index (χ1v) is 21.1. The number of nitrogens with one attached hydrogen (secondary N) is 4. The standard InChI is InChI=1S/C43H58F4N10O4/c1-22(2)13-34(52-40(58)24(5)48-7)42(60)54-18-28(46)14-30(54)20-56-35-11-9-26(44)16-32(35)50-38(56)39-51-33-17-27(45)10-12-36(33)57(39)21-31-15-29(47)19-55(31)43(61)37(23(3)4)53-41(59)25(6)49-8/h9-12,16-17,22-25,28-31,34,37,48-49H,13-15,18-21H2,1-8H3,(H,52,58)(H,53,59)/t24-,25-,28?,29?,30+,31+,34-,37-/m1/s1. The number of hydrogen-bond acceptors (Lipinski definition) is 8. The Hall–Kier alpha value is -5.10. The van der Waals surface area contributed by atoms with Gasteiger partial charge in [-0.25, -0.2) is 27.5 Å². The van der Waals surface area contributed by atoms with Crippen molar-refractivity contribution in [1.29, 1.82) is 0 Å². The van der Waals surface area contributed by atoms with E-state index in [4.69, 9.17) is 9.97 Å². The number of halogens is 4. The number of nitrogens with zero attached hydrogens (tertiary/aromatic N) is 6. The van der Waals surface area contributed by atoms with Crippen LogP contribution in [0.5, 0.6) is 0 Å². The molecule has 332 valence electrons. The van der Waals surface area contributed by atoms with Crippen molar-refractivity contribution in [2.24, 2.45) is 11.8 Å². The molecule has 14 nitrogen and oxygen atoms in total. The van der Waals surface area contributed by atoms with Gasteiger partial charge >= 0.3 is 0 Å². The van der Waals surface area contributed by atoms with E-state index >= 15 is 8.78 Å². The van der Waals surface area contributed by atoms with Crippen LogP contribution < -0.4 is 21.3 Å². The number of imidazole rings is 2. The largest absolute Gasteiger partial charge is 0.343 e. The zero-order chi connectivity index (χ0) is 44.4. The van der Waals surface area contributed by atoms with Gasteiger partial charge in [0.1, 0.15) is 36.1 Å². The first-order chi connectivity index (χ1) is 28.9. The third-order valence-electron chi connectivity index (χ3n) is 11.9. The fourth-order valence-electron chi connectivity index (χ4n) is 8.37. The predicted octanol–water partition coefficient (Wildman–Crippen LogP) is 4.10. The molecular formula is C43H58F4N10O4. The number of carbonyl (C=O) groups excluding carboxylic acids is 4. The molecule has 8 atom stereocenters. The maximum atomic E-state index is 15.5. The third kappa shape index (κ3) is 9.85. The van der Waals surface area contributed by atoms with E-state index in [1.165, 1.54) is 46.2 Å². The second kappa shape index (κ2) is 18.9. The van der Waals surface area contributed by atoms with Crippen molar-refractivity contribution in [3.63, 3.8) is 0 Å². The highest BCUT2D eigenvalue weighted by molar-refractivity contribution is 5.91. The topological polar surface area (TPSA) is 159 Å². The lowest BCUT2D eigenvalue weighted by Gasteiger charge is -2.32. The summed E-state index contributed by atoms with van der Waals surface area (Å²) in [6.45, 7) is 10.4. The van der Waals surface area contributed by atoms with Gasteiger partial charge < -0.3 is 40.2 Å². The number of likely N-dealkylation sites (N-methyl/N-ethyl adjacent to an activating group) is 2. The summed E-state index contributed by atoms with van der Waals surface area (Å²) in [6.07, 6.45) is -2.48. The molecule has 2 aromatic heterocycles. The van der Waals surface area contributed by atoms with Crippen molar-refractivity contribution in [3.05, 3.63) is 48.0 Å². The summed E-state index contributed by atoms with van der Waals surface area (Å²) in [5, 5.41) is 11.4. The average Bonchev–Trinajstić information content (AvgIpc) is 3.97. The number of alkyl halides is 2. The molecule has 2 saturated heterocycles. The van der Waals surface area contributed by atoms with Gasteiger partial charge in [0.2, 0.25) is 23.6 Å². The summed E-state index contributed by atoms with van der Waals surface area (Å²) < 4.78 is 64.0. The number of aromatic nitrogens is 4. The molecule has 61 heavy (non-hydrogen) atoms. The van der Waals surface area contributed by atoms with Crippen LogP contribution in [-0.4, -0.2) is 128 Å². The molecule has 2 aromatic carbocycles. The Bertz CT molecular complexity index is 2250. The van der Waals surface area contributed by atoms with E-state index in [2.05, 4.69) is 21.3 Å². The van der Waals surface area contributed by atoms with Crippen LogP contribution in [0.3, 0.4) is 0 Å². The van der Waals surface area contributed by atoms with Crippen LogP contribution in [0.2, 0.25) is 0 Å². The maximum Gasteiger partial charge on any atom is 0.245 e. The molecule has 4 aromatic rings. The Morgan fingerprint density at radius 3 is 1.56 bits per heavy atom. The first-order valence-electron chi connectivity index (χ1n) is 21.1. The van der Waals surface area contributed by atoms with E-state index in [9.17, 15) is 28.0 Å². The lowest BCUT2D eigenvalue weighted by atomic mass is 10.0. The first kappa shape index (κ1) is 45.4. The molecule has 2 aliphatic heterocycles. The SMILES string of the molecule is CN[C@H](C)C(=O)N[C@H](CC(C)C)C(=O)N1CC(F)C[C@H]1Cn1c(-c2nc3cc(F)ccc3n2C[C@@H]2CC(F)CN2C(=O)[C@H](NC(=O)[C@@H](C)NC)C(C)C)nc2cc(F)ccc21. The van der Waals surface area contributed by atoms with E-state index in [1.807, 2.05) is 13.8 Å².